The van der Waals surface area contributed by atoms with Crippen molar-refractivity contribution in [3.05, 3.63) is 41.6 Å². The van der Waals surface area contributed by atoms with Crippen molar-refractivity contribution in [2.75, 3.05) is 6.61 Å². The van der Waals surface area contributed by atoms with Gasteiger partial charge in [0.05, 0.1) is 12.3 Å². The summed E-state index contributed by atoms with van der Waals surface area (Å²) in [5.41, 5.74) is 1.89. The molecule has 3 N–H and O–H groups in total. The van der Waals surface area contributed by atoms with Crippen LogP contribution in [0.4, 0.5) is 0 Å². The molecule has 2 aromatic rings. The topological polar surface area (TPSA) is 95.6 Å². The van der Waals surface area contributed by atoms with Crippen molar-refractivity contribution in [2.24, 2.45) is 7.05 Å². The molecule has 19 heavy (non-hydrogen) atoms. The number of hydrogen-bond acceptors (Lipinski definition) is 4. The van der Waals surface area contributed by atoms with Crippen molar-refractivity contribution in [2.45, 2.75) is 6.10 Å². The van der Waals surface area contributed by atoms with Gasteiger partial charge in [-0.05, 0) is 17.7 Å². The van der Waals surface area contributed by atoms with E-state index in [1.807, 2.05) is 0 Å². The van der Waals surface area contributed by atoms with Crippen LogP contribution in [0.2, 0.25) is 0 Å². The highest BCUT2D eigenvalue weighted by atomic mass is 16.4. The summed E-state index contributed by atoms with van der Waals surface area (Å²) in [4.78, 5) is 10.9. The Hall–Kier alpha value is -2.18. The molecule has 6 nitrogen and oxygen atoms in total. The summed E-state index contributed by atoms with van der Waals surface area (Å²) < 4.78 is 1.47. The van der Waals surface area contributed by atoms with Gasteiger partial charge in [-0.2, -0.15) is 5.10 Å². The summed E-state index contributed by atoms with van der Waals surface area (Å²) in [5.74, 6) is -1.09. The highest BCUT2D eigenvalue weighted by Gasteiger charge is 2.14. The lowest BCUT2D eigenvalue weighted by atomic mass is 10.0. The number of rotatable bonds is 4. The molecule has 2 rings (SSSR count). The summed E-state index contributed by atoms with van der Waals surface area (Å²) >= 11 is 0. The average molecular weight is 262 g/mol. The molecule has 1 heterocycles. The van der Waals surface area contributed by atoms with Gasteiger partial charge in [-0.25, -0.2) is 4.79 Å². The van der Waals surface area contributed by atoms with Crippen LogP contribution < -0.4 is 0 Å². The molecule has 1 aromatic heterocycles. The first-order chi connectivity index (χ1) is 9.02. The van der Waals surface area contributed by atoms with E-state index in [0.29, 0.717) is 11.3 Å². The first kappa shape index (κ1) is 13.3. The second-order valence-corrected chi connectivity index (χ2v) is 4.17. The zero-order chi connectivity index (χ0) is 14.0. The Labute approximate surface area is 109 Å². The minimum Gasteiger partial charge on any atom is -0.476 e. The van der Waals surface area contributed by atoms with Crippen molar-refractivity contribution < 1.29 is 20.1 Å². The Morgan fingerprint density at radius 2 is 2.16 bits per heavy atom. The van der Waals surface area contributed by atoms with Crippen molar-refractivity contribution >= 4 is 5.97 Å². The number of nitrogens with zero attached hydrogens (tertiary/aromatic N) is 2. The van der Waals surface area contributed by atoms with E-state index in [-0.39, 0.29) is 12.3 Å². The molecule has 0 saturated carbocycles. The Balaban J connectivity index is 2.44. The first-order valence-corrected chi connectivity index (χ1v) is 5.69. The maximum Gasteiger partial charge on any atom is 0.356 e. The van der Waals surface area contributed by atoms with E-state index in [1.54, 1.807) is 31.3 Å². The van der Waals surface area contributed by atoms with Gasteiger partial charge in [-0.15, -0.1) is 0 Å². The van der Waals surface area contributed by atoms with E-state index in [0.717, 1.165) is 5.56 Å². The largest absolute Gasteiger partial charge is 0.476 e. The molecule has 1 unspecified atom stereocenters. The molecule has 0 amide bonds. The normalized spacial score (nSPS) is 12.4. The van der Waals surface area contributed by atoms with E-state index in [4.69, 9.17) is 10.2 Å². The molecule has 1 atom stereocenters. The van der Waals surface area contributed by atoms with Crippen molar-refractivity contribution in [1.82, 2.24) is 9.78 Å². The zero-order valence-corrected chi connectivity index (χ0v) is 10.3. The lowest BCUT2D eigenvalue weighted by Gasteiger charge is -2.09. The minimum absolute atomic E-state index is 0.0365. The van der Waals surface area contributed by atoms with Crippen LogP contribution >= 0.6 is 0 Å². The van der Waals surface area contributed by atoms with E-state index in [1.165, 1.54) is 10.7 Å². The molecule has 0 bridgehead atoms. The Morgan fingerprint density at radius 3 is 2.74 bits per heavy atom. The van der Waals surface area contributed by atoms with E-state index in [9.17, 15) is 9.90 Å². The highest BCUT2D eigenvalue weighted by molar-refractivity contribution is 5.87. The second kappa shape index (κ2) is 5.21. The van der Waals surface area contributed by atoms with Crippen LogP contribution in [-0.4, -0.2) is 37.7 Å². The Kier molecular flexibility index (Phi) is 3.64. The SMILES string of the molecule is Cn1nc(C(=O)O)cc1-c1cccc(C(O)CO)c1. The molecule has 0 radical (unpaired) electrons. The molecule has 0 spiro atoms. The lowest BCUT2D eigenvalue weighted by molar-refractivity contribution is 0.0689. The summed E-state index contributed by atoms with van der Waals surface area (Å²) in [6.45, 7) is -0.366. The minimum atomic E-state index is -1.09. The molecule has 0 aliphatic heterocycles. The number of benzene rings is 1. The monoisotopic (exact) mass is 262 g/mol. The number of aliphatic hydroxyl groups is 2. The number of aliphatic hydroxyl groups excluding tert-OH is 2. The lowest BCUT2D eigenvalue weighted by Crippen LogP contribution is -2.02. The Morgan fingerprint density at radius 1 is 1.42 bits per heavy atom. The number of aryl methyl sites for hydroxylation is 1. The van der Waals surface area contributed by atoms with E-state index in [2.05, 4.69) is 5.10 Å². The average Bonchev–Trinajstić information content (AvgIpc) is 2.80. The summed E-state index contributed by atoms with van der Waals surface area (Å²) in [6, 6.07) is 8.38. The van der Waals surface area contributed by atoms with Gasteiger partial charge in [0.1, 0.15) is 6.10 Å². The van der Waals surface area contributed by atoms with Gasteiger partial charge < -0.3 is 15.3 Å². The number of carbonyl (C=O) groups is 1. The number of aromatic carboxylic acids is 1. The maximum absolute atomic E-state index is 10.9. The van der Waals surface area contributed by atoms with Crippen LogP contribution in [0, 0.1) is 0 Å². The predicted molar refractivity (Wildman–Crippen MR) is 67.6 cm³/mol. The summed E-state index contributed by atoms with van der Waals surface area (Å²) in [7, 11) is 1.65. The fourth-order valence-corrected chi connectivity index (χ4v) is 1.85. The van der Waals surface area contributed by atoms with Gasteiger partial charge in [0, 0.05) is 12.6 Å². The van der Waals surface area contributed by atoms with Gasteiger partial charge >= 0.3 is 5.97 Å². The predicted octanol–water partition coefficient (Wildman–Crippen LogP) is 0.811. The van der Waals surface area contributed by atoms with Crippen molar-refractivity contribution in [3.63, 3.8) is 0 Å². The smallest absolute Gasteiger partial charge is 0.356 e. The molecule has 6 heteroatoms. The molecule has 100 valence electrons. The van der Waals surface area contributed by atoms with Gasteiger partial charge in [0.25, 0.3) is 0 Å². The van der Waals surface area contributed by atoms with Crippen LogP contribution in [0.25, 0.3) is 11.3 Å². The van der Waals surface area contributed by atoms with Gasteiger partial charge in [-0.3, -0.25) is 4.68 Å². The van der Waals surface area contributed by atoms with Crippen LogP contribution in [0.5, 0.6) is 0 Å². The van der Waals surface area contributed by atoms with E-state index >= 15 is 0 Å². The maximum atomic E-state index is 10.9. The molecule has 0 saturated heterocycles. The third-order valence-corrected chi connectivity index (χ3v) is 2.84. The van der Waals surface area contributed by atoms with Gasteiger partial charge in [0.2, 0.25) is 0 Å². The third-order valence-electron chi connectivity index (χ3n) is 2.84. The molecule has 0 aliphatic rings. The first-order valence-electron chi connectivity index (χ1n) is 5.69. The number of carboxylic acid groups (broad SMARTS) is 1. The van der Waals surface area contributed by atoms with Crippen LogP contribution in [-0.2, 0) is 7.05 Å². The summed E-state index contributed by atoms with van der Waals surface area (Å²) in [5, 5.41) is 31.3. The van der Waals surface area contributed by atoms with Crippen LogP contribution in [0.1, 0.15) is 22.2 Å². The summed E-state index contributed by atoms with van der Waals surface area (Å²) in [6.07, 6.45) is -0.952. The fraction of sp³-hybridized carbons (Fsp3) is 0.231. The van der Waals surface area contributed by atoms with Crippen molar-refractivity contribution in [1.29, 1.82) is 0 Å². The van der Waals surface area contributed by atoms with Crippen LogP contribution in [0.3, 0.4) is 0 Å². The third kappa shape index (κ3) is 2.64. The van der Waals surface area contributed by atoms with Crippen LogP contribution in [0.15, 0.2) is 30.3 Å². The molecule has 0 fully saturated rings. The van der Waals surface area contributed by atoms with Gasteiger partial charge in [-0.1, -0.05) is 18.2 Å². The van der Waals surface area contributed by atoms with Gasteiger partial charge in [0.15, 0.2) is 5.69 Å². The second-order valence-electron chi connectivity index (χ2n) is 4.17. The van der Waals surface area contributed by atoms with Crippen molar-refractivity contribution in [3.8, 4) is 11.3 Å². The highest BCUT2D eigenvalue weighted by Crippen LogP contribution is 2.23. The quantitative estimate of drug-likeness (QED) is 0.757. The number of hydrogen-bond donors (Lipinski definition) is 3. The number of aromatic nitrogens is 2. The Bertz CT molecular complexity index is 606. The fourth-order valence-electron chi connectivity index (χ4n) is 1.85. The molecular formula is C13H14N2O4. The number of carboxylic acids is 1. The van der Waals surface area contributed by atoms with E-state index < -0.39 is 12.1 Å². The molecule has 1 aromatic carbocycles. The molecular weight excluding hydrogens is 248 g/mol. The molecule has 0 aliphatic carbocycles. The standard InChI is InChI=1S/C13H14N2O4/c1-15-11(6-10(14-15)13(18)19)8-3-2-4-9(5-8)12(17)7-16/h2-6,12,16-17H,7H2,1H3,(H,18,19). The zero-order valence-electron chi connectivity index (χ0n) is 10.3.